The number of aryl methyl sites for hydroxylation is 2. The maximum Gasteiger partial charge on any atom is 0.233 e. The van der Waals surface area contributed by atoms with E-state index < -0.39 is 0 Å². The van der Waals surface area contributed by atoms with Gasteiger partial charge < -0.3 is 10.6 Å². The molecule has 6 heteroatoms. The van der Waals surface area contributed by atoms with Crippen LogP contribution in [0.15, 0.2) is 4.47 Å². The summed E-state index contributed by atoms with van der Waals surface area (Å²) < 4.78 is 2.81. The van der Waals surface area contributed by atoms with Crippen LogP contribution in [0.5, 0.6) is 0 Å². The molecule has 1 amide bonds. The van der Waals surface area contributed by atoms with Gasteiger partial charge in [-0.15, -0.1) is 0 Å². The first-order valence-electron chi connectivity index (χ1n) is 5.21. The smallest absolute Gasteiger partial charge is 0.233 e. The van der Waals surface area contributed by atoms with E-state index in [1.54, 1.807) is 0 Å². The number of hydrogen-bond acceptors (Lipinski definition) is 3. The Kier molecular flexibility index (Phi) is 4.95. The summed E-state index contributed by atoms with van der Waals surface area (Å²) in [6.07, 6.45) is 0. The van der Waals surface area contributed by atoms with E-state index in [1.165, 1.54) is 0 Å². The fourth-order valence-electron chi connectivity index (χ4n) is 1.43. The van der Waals surface area contributed by atoms with E-state index in [9.17, 15) is 4.79 Å². The number of rotatable bonds is 5. The molecule has 1 aromatic rings. The van der Waals surface area contributed by atoms with E-state index in [2.05, 4.69) is 31.7 Å². The maximum atomic E-state index is 11.2. The number of amides is 1. The largest absolute Gasteiger partial charge is 0.355 e. The summed E-state index contributed by atoms with van der Waals surface area (Å²) in [4.78, 5) is 11.2. The zero-order valence-electron chi connectivity index (χ0n) is 9.80. The van der Waals surface area contributed by atoms with E-state index in [-0.39, 0.29) is 5.91 Å². The minimum atomic E-state index is 0.0116. The minimum Gasteiger partial charge on any atom is -0.355 e. The zero-order valence-corrected chi connectivity index (χ0v) is 11.4. The summed E-state index contributed by atoms with van der Waals surface area (Å²) in [6.45, 7) is 5.45. The number of nitrogens with zero attached hydrogens (tertiary/aromatic N) is 2. The Bertz CT molecular complexity index is 375. The van der Waals surface area contributed by atoms with E-state index >= 15 is 0 Å². The van der Waals surface area contributed by atoms with E-state index in [0.717, 1.165) is 15.9 Å². The molecule has 0 aromatic carbocycles. The highest BCUT2D eigenvalue weighted by molar-refractivity contribution is 9.10. The summed E-state index contributed by atoms with van der Waals surface area (Å²) >= 11 is 3.48. The van der Waals surface area contributed by atoms with Gasteiger partial charge in [-0.3, -0.25) is 9.48 Å². The summed E-state index contributed by atoms with van der Waals surface area (Å²) in [5.41, 5.74) is 2.00. The lowest BCUT2D eigenvalue weighted by Gasteiger charge is -2.05. The minimum absolute atomic E-state index is 0.0116. The van der Waals surface area contributed by atoms with Gasteiger partial charge in [0.05, 0.1) is 22.4 Å². The highest BCUT2D eigenvalue weighted by Gasteiger charge is 2.10. The molecule has 0 radical (unpaired) electrons. The molecule has 1 aromatic heterocycles. The van der Waals surface area contributed by atoms with Gasteiger partial charge in [-0.1, -0.05) is 0 Å². The van der Waals surface area contributed by atoms with Crippen LogP contribution >= 0.6 is 15.9 Å². The van der Waals surface area contributed by atoms with Gasteiger partial charge in [0.25, 0.3) is 0 Å². The van der Waals surface area contributed by atoms with Crippen LogP contribution in [0.4, 0.5) is 0 Å². The molecule has 0 atom stereocenters. The highest BCUT2D eigenvalue weighted by Crippen LogP contribution is 2.19. The number of carbonyl (C=O) groups excluding carboxylic acids is 1. The normalized spacial score (nSPS) is 10.5. The van der Waals surface area contributed by atoms with Crippen molar-refractivity contribution in [2.45, 2.75) is 20.4 Å². The number of nitrogens with one attached hydrogen (secondary N) is 2. The quantitative estimate of drug-likeness (QED) is 0.839. The molecule has 90 valence electrons. The van der Waals surface area contributed by atoms with Crippen molar-refractivity contribution < 1.29 is 4.79 Å². The molecular formula is C10H17BrN4O. The average molecular weight is 289 g/mol. The van der Waals surface area contributed by atoms with Crippen molar-refractivity contribution in [2.75, 3.05) is 13.1 Å². The molecule has 0 aliphatic carbocycles. The number of aromatic nitrogens is 2. The van der Waals surface area contributed by atoms with Crippen molar-refractivity contribution in [3.05, 3.63) is 15.9 Å². The molecule has 16 heavy (non-hydrogen) atoms. The lowest BCUT2D eigenvalue weighted by molar-refractivity contribution is -0.120. The molecule has 1 rings (SSSR count). The van der Waals surface area contributed by atoms with Crippen molar-refractivity contribution in [2.24, 2.45) is 7.05 Å². The van der Waals surface area contributed by atoms with E-state index in [4.69, 9.17) is 0 Å². The third kappa shape index (κ3) is 3.31. The Hall–Kier alpha value is -0.880. The highest BCUT2D eigenvalue weighted by atomic mass is 79.9. The van der Waals surface area contributed by atoms with Gasteiger partial charge in [0.1, 0.15) is 0 Å². The van der Waals surface area contributed by atoms with Crippen LogP contribution < -0.4 is 10.6 Å². The summed E-state index contributed by atoms with van der Waals surface area (Å²) in [5.74, 6) is 0.0116. The van der Waals surface area contributed by atoms with Gasteiger partial charge in [0, 0.05) is 20.1 Å². The van der Waals surface area contributed by atoms with Crippen molar-refractivity contribution in [3.63, 3.8) is 0 Å². The molecule has 0 unspecified atom stereocenters. The van der Waals surface area contributed by atoms with Gasteiger partial charge in [0.2, 0.25) is 5.91 Å². The SMILES string of the molecule is CCNC(=O)CNCc1c(Br)c(C)nn1C. The lowest BCUT2D eigenvalue weighted by Crippen LogP contribution is -2.33. The molecule has 0 saturated carbocycles. The fraction of sp³-hybridized carbons (Fsp3) is 0.600. The number of hydrogen-bond donors (Lipinski definition) is 2. The van der Waals surface area contributed by atoms with Crippen molar-refractivity contribution in [1.82, 2.24) is 20.4 Å². The van der Waals surface area contributed by atoms with Crippen LogP contribution in [-0.2, 0) is 18.4 Å². The Balaban J connectivity index is 2.46. The predicted molar refractivity (Wildman–Crippen MR) is 66.0 cm³/mol. The number of carbonyl (C=O) groups is 1. The topological polar surface area (TPSA) is 59.0 Å². The van der Waals surface area contributed by atoms with E-state index in [0.29, 0.717) is 19.6 Å². The molecule has 0 bridgehead atoms. The summed E-state index contributed by atoms with van der Waals surface area (Å²) in [5, 5.41) is 10.1. The molecule has 0 saturated heterocycles. The van der Waals surface area contributed by atoms with Crippen LogP contribution in [0.1, 0.15) is 18.3 Å². The van der Waals surface area contributed by atoms with Gasteiger partial charge in [-0.05, 0) is 29.8 Å². The Morgan fingerprint density at radius 2 is 2.25 bits per heavy atom. The average Bonchev–Trinajstić information content (AvgIpc) is 2.45. The first kappa shape index (κ1) is 13.2. The van der Waals surface area contributed by atoms with Gasteiger partial charge >= 0.3 is 0 Å². The second kappa shape index (κ2) is 6.00. The van der Waals surface area contributed by atoms with Gasteiger partial charge in [-0.25, -0.2) is 0 Å². The standard InChI is InChI=1S/C10H17BrN4O/c1-4-13-9(16)6-12-5-8-10(11)7(2)14-15(8)3/h12H,4-6H2,1-3H3,(H,13,16). The summed E-state index contributed by atoms with van der Waals surface area (Å²) in [6, 6.07) is 0. The lowest BCUT2D eigenvalue weighted by atomic mass is 10.3. The third-order valence-electron chi connectivity index (χ3n) is 2.21. The fourth-order valence-corrected chi connectivity index (χ4v) is 1.90. The van der Waals surface area contributed by atoms with Crippen molar-refractivity contribution in [3.8, 4) is 0 Å². The first-order chi connectivity index (χ1) is 7.56. The molecule has 0 fully saturated rings. The second-order valence-corrected chi connectivity index (χ2v) is 4.32. The molecule has 1 heterocycles. The molecule has 0 aliphatic heterocycles. The first-order valence-corrected chi connectivity index (χ1v) is 6.01. The maximum absolute atomic E-state index is 11.2. The Labute approximate surface area is 104 Å². The van der Waals surface area contributed by atoms with Crippen LogP contribution in [0, 0.1) is 6.92 Å². The molecule has 5 nitrogen and oxygen atoms in total. The van der Waals surface area contributed by atoms with Crippen LogP contribution in [-0.4, -0.2) is 28.8 Å². The van der Waals surface area contributed by atoms with Crippen molar-refractivity contribution in [1.29, 1.82) is 0 Å². The van der Waals surface area contributed by atoms with Crippen LogP contribution in [0.3, 0.4) is 0 Å². The molecule has 0 aliphatic rings. The zero-order chi connectivity index (χ0) is 12.1. The number of likely N-dealkylation sites (N-methyl/N-ethyl adjacent to an activating group) is 1. The summed E-state index contributed by atoms with van der Waals surface area (Å²) in [7, 11) is 1.89. The van der Waals surface area contributed by atoms with Crippen molar-refractivity contribution >= 4 is 21.8 Å². The molecule has 2 N–H and O–H groups in total. The monoisotopic (exact) mass is 288 g/mol. The molecular weight excluding hydrogens is 272 g/mol. The Morgan fingerprint density at radius 1 is 1.56 bits per heavy atom. The van der Waals surface area contributed by atoms with Gasteiger partial charge in [0.15, 0.2) is 0 Å². The van der Waals surface area contributed by atoms with Crippen LogP contribution in [0.2, 0.25) is 0 Å². The number of halogens is 1. The van der Waals surface area contributed by atoms with Crippen LogP contribution in [0.25, 0.3) is 0 Å². The third-order valence-corrected chi connectivity index (χ3v) is 3.25. The predicted octanol–water partition coefficient (Wildman–Crippen LogP) is 0.717. The molecule has 0 spiro atoms. The van der Waals surface area contributed by atoms with E-state index in [1.807, 2.05) is 25.6 Å². The second-order valence-electron chi connectivity index (χ2n) is 3.53. The Morgan fingerprint density at radius 3 is 2.75 bits per heavy atom. The van der Waals surface area contributed by atoms with Gasteiger partial charge in [-0.2, -0.15) is 5.10 Å².